The first-order valence-corrected chi connectivity index (χ1v) is 8.04. The molecule has 2 aromatic carbocycles. The van der Waals surface area contributed by atoms with Crippen molar-refractivity contribution in [1.29, 1.82) is 0 Å². The summed E-state index contributed by atoms with van der Waals surface area (Å²) in [5.41, 5.74) is 2.84. The summed E-state index contributed by atoms with van der Waals surface area (Å²) in [6.07, 6.45) is 1.30. The summed E-state index contributed by atoms with van der Waals surface area (Å²) < 4.78 is 0.548. The molecule has 3 rings (SSSR count). The number of hydrogen-bond acceptors (Lipinski definition) is 3. The number of carbonyl (C=O) groups is 1. The summed E-state index contributed by atoms with van der Waals surface area (Å²) in [5.74, 6) is -0.436. The quantitative estimate of drug-likeness (QED) is 0.552. The Morgan fingerprint density at radius 1 is 0.920 bits per heavy atom. The van der Waals surface area contributed by atoms with Crippen LogP contribution in [-0.4, -0.2) is 5.91 Å². The van der Waals surface area contributed by atoms with Crippen molar-refractivity contribution in [3.05, 3.63) is 95.5 Å². The monoisotopic (exact) mass is 333 g/mol. The SMILES string of the molecule is C[C@@H](Nc1ccc(NC(=O)c2cccc[n+]2[O-])cc1)c1ccccc1. The van der Waals surface area contributed by atoms with E-state index >= 15 is 0 Å². The third-order valence-corrected chi connectivity index (χ3v) is 3.88. The van der Waals surface area contributed by atoms with E-state index in [1.807, 2.05) is 30.3 Å². The van der Waals surface area contributed by atoms with E-state index in [-0.39, 0.29) is 11.7 Å². The second kappa shape index (κ2) is 7.49. The molecule has 0 aliphatic heterocycles. The minimum absolute atomic E-state index is 0.0578. The minimum atomic E-state index is -0.436. The Bertz CT molecular complexity index is 848. The smallest absolute Gasteiger partial charge is 0.321 e. The molecule has 0 aliphatic rings. The number of aromatic nitrogens is 1. The number of nitrogens with zero attached hydrogens (tertiary/aromatic N) is 1. The lowest BCUT2D eigenvalue weighted by molar-refractivity contribution is -0.607. The molecule has 0 unspecified atom stereocenters. The molecule has 1 atom stereocenters. The van der Waals surface area contributed by atoms with Crippen molar-refractivity contribution in [2.75, 3.05) is 10.6 Å². The van der Waals surface area contributed by atoms with Gasteiger partial charge in [0.15, 0.2) is 6.20 Å². The van der Waals surface area contributed by atoms with E-state index in [9.17, 15) is 10.0 Å². The number of benzene rings is 2. The average Bonchev–Trinajstić information content (AvgIpc) is 2.64. The maximum absolute atomic E-state index is 12.1. The van der Waals surface area contributed by atoms with Gasteiger partial charge >= 0.3 is 5.91 Å². The summed E-state index contributed by atoms with van der Waals surface area (Å²) in [6.45, 7) is 2.09. The molecule has 2 N–H and O–H groups in total. The molecule has 0 saturated heterocycles. The lowest BCUT2D eigenvalue weighted by Gasteiger charge is -2.16. The van der Waals surface area contributed by atoms with Crippen LogP contribution < -0.4 is 15.4 Å². The molecular formula is C20H19N3O2. The van der Waals surface area contributed by atoms with Gasteiger partial charge < -0.3 is 15.8 Å². The van der Waals surface area contributed by atoms with Crippen LogP contribution in [0, 0.1) is 5.21 Å². The minimum Gasteiger partial charge on any atom is -0.618 e. The molecule has 5 nitrogen and oxygen atoms in total. The molecule has 0 saturated carbocycles. The predicted octanol–water partition coefficient (Wildman–Crippen LogP) is 3.75. The van der Waals surface area contributed by atoms with Crippen LogP contribution in [0.5, 0.6) is 0 Å². The average molecular weight is 333 g/mol. The Labute approximate surface area is 146 Å². The van der Waals surface area contributed by atoms with Crippen LogP contribution in [-0.2, 0) is 0 Å². The van der Waals surface area contributed by atoms with Gasteiger partial charge in [0.2, 0.25) is 0 Å². The molecule has 0 fully saturated rings. The number of pyridine rings is 1. The number of hydrogen-bond donors (Lipinski definition) is 2. The van der Waals surface area contributed by atoms with E-state index in [1.54, 1.807) is 24.3 Å². The first-order chi connectivity index (χ1) is 12.1. The molecule has 3 aromatic rings. The Balaban J connectivity index is 1.64. The maximum Gasteiger partial charge on any atom is 0.321 e. The van der Waals surface area contributed by atoms with Gasteiger partial charge in [0, 0.05) is 29.5 Å². The maximum atomic E-state index is 12.1. The normalized spacial score (nSPS) is 11.6. The molecule has 126 valence electrons. The van der Waals surface area contributed by atoms with Gasteiger partial charge in [0.25, 0.3) is 5.69 Å². The van der Waals surface area contributed by atoms with E-state index in [2.05, 4.69) is 29.7 Å². The van der Waals surface area contributed by atoms with Gasteiger partial charge in [-0.15, -0.1) is 0 Å². The number of amides is 1. The standard InChI is InChI=1S/C20H19N3O2/c1-15(16-7-3-2-4-8-16)21-17-10-12-18(13-11-17)22-20(24)19-9-5-6-14-23(19)25/h2-15,21H,1H3,(H,22,24)/t15-/m1/s1. The Hall–Kier alpha value is -3.34. The van der Waals surface area contributed by atoms with E-state index in [0.717, 1.165) is 5.69 Å². The van der Waals surface area contributed by atoms with Crippen molar-refractivity contribution >= 4 is 17.3 Å². The zero-order valence-corrected chi connectivity index (χ0v) is 13.8. The van der Waals surface area contributed by atoms with Crippen molar-refractivity contribution in [2.45, 2.75) is 13.0 Å². The summed E-state index contributed by atoms with van der Waals surface area (Å²) in [5, 5.41) is 17.7. The van der Waals surface area contributed by atoms with Gasteiger partial charge in [-0.05, 0) is 42.8 Å². The fourth-order valence-electron chi connectivity index (χ4n) is 2.52. The van der Waals surface area contributed by atoms with Gasteiger partial charge in [0.05, 0.1) is 0 Å². The first kappa shape index (κ1) is 16.5. The van der Waals surface area contributed by atoms with Gasteiger partial charge in [0.1, 0.15) is 0 Å². The molecule has 0 aliphatic carbocycles. The largest absolute Gasteiger partial charge is 0.618 e. The van der Waals surface area contributed by atoms with Gasteiger partial charge in [-0.3, -0.25) is 4.79 Å². The lowest BCUT2D eigenvalue weighted by atomic mass is 10.1. The van der Waals surface area contributed by atoms with E-state index in [1.165, 1.54) is 17.8 Å². The number of carbonyl (C=O) groups excluding carboxylic acids is 1. The second-order valence-corrected chi connectivity index (χ2v) is 5.72. The highest BCUT2D eigenvalue weighted by molar-refractivity contribution is 6.01. The highest BCUT2D eigenvalue weighted by Gasteiger charge is 2.15. The van der Waals surface area contributed by atoms with Crippen molar-refractivity contribution in [3.63, 3.8) is 0 Å². The number of nitrogens with one attached hydrogen (secondary N) is 2. The highest BCUT2D eigenvalue weighted by Crippen LogP contribution is 2.20. The fourth-order valence-corrected chi connectivity index (χ4v) is 2.52. The molecule has 25 heavy (non-hydrogen) atoms. The van der Waals surface area contributed by atoms with Crippen LogP contribution in [0.1, 0.15) is 29.0 Å². The Morgan fingerprint density at radius 2 is 1.56 bits per heavy atom. The fraction of sp³-hybridized carbons (Fsp3) is 0.100. The van der Waals surface area contributed by atoms with Crippen molar-refractivity contribution in [2.24, 2.45) is 0 Å². The van der Waals surface area contributed by atoms with Gasteiger partial charge in [-0.2, -0.15) is 4.73 Å². The lowest BCUT2D eigenvalue weighted by Crippen LogP contribution is -2.36. The van der Waals surface area contributed by atoms with Crippen molar-refractivity contribution < 1.29 is 9.52 Å². The topological polar surface area (TPSA) is 68.1 Å². The molecule has 0 bridgehead atoms. The highest BCUT2D eigenvalue weighted by atomic mass is 16.5. The van der Waals surface area contributed by atoms with Crippen LogP contribution in [0.15, 0.2) is 79.0 Å². The van der Waals surface area contributed by atoms with Crippen LogP contribution in [0.4, 0.5) is 11.4 Å². The third kappa shape index (κ3) is 4.14. The Morgan fingerprint density at radius 3 is 2.24 bits per heavy atom. The van der Waals surface area contributed by atoms with Crippen molar-refractivity contribution in [3.8, 4) is 0 Å². The van der Waals surface area contributed by atoms with E-state index in [0.29, 0.717) is 10.4 Å². The second-order valence-electron chi connectivity index (χ2n) is 5.72. The summed E-state index contributed by atoms with van der Waals surface area (Å²) >= 11 is 0. The molecule has 1 heterocycles. The van der Waals surface area contributed by atoms with Crippen molar-refractivity contribution in [1.82, 2.24) is 0 Å². The summed E-state index contributed by atoms with van der Waals surface area (Å²) in [7, 11) is 0. The van der Waals surface area contributed by atoms with E-state index in [4.69, 9.17) is 0 Å². The third-order valence-electron chi connectivity index (χ3n) is 3.88. The van der Waals surface area contributed by atoms with Gasteiger partial charge in [-0.25, -0.2) is 0 Å². The van der Waals surface area contributed by atoms with Crippen LogP contribution in [0.2, 0.25) is 0 Å². The molecule has 0 radical (unpaired) electrons. The molecular weight excluding hydrogens is 314 g/mol. The van der Waals surface area contributed by atoms with Crippen LogP contribution in [0.3, 0.4) is 0 Å². The molecule has 5 heteroatoms. The number of rotatable bonds is 5. The molecule has 1 aromatic heterocycles. The zero-order chi connectivity index (χ0) is 17.6. The summed E-state index contributed by atoms with van der Waals surface area (Å²) in [6, 6.07) is 22.4. The first-order valence-electron chi connectivity index (χ1n) is 8.04. The van der Waals surface area contributed by atoms with Gasteiger partial charge in [-0.1, -0.05) is 30.3 Å². The van der Waals surface area contributed by atoms with Crippen LogP contribution >= 0.6 is 0 Å². The summed E-state index contributed by atoms with van der Waals surface area (Å²) in [4.78, 5) is 12.1. The molecule has 0 spiro atoms. The zero-order valence-electron chi connectivity index (χ0n) is 13.8. The predicted molar refractivity (Wildman–Crippen MR) is 98.3 cm³/mol. The van der Waals surface area contributed by atoms with E-state index < -0.39 is 5.91 Å². The Kier molecular flexibility index (Phi) is 4.95. The number of anilines is 2. The van der Waals surface area contributed by atoms with Crippen LogP contribution in [0.25, 0.3) is 0 Å². The molecule has 1 amide bonds.